The fourth-order valence-electron chi connectivity index (χ4n) is 2.47. The number of carbonyl (C=O) groups is 1. The minimum Gasteiger partial charge on any atom is -0.457 e. The molecular weight excluding hydrogens is 337 g/mol. The molecule has 1 aromatic carbocycles. The van der Waals surface area contributed by atoms with E-state index in [2.05, 4.69) is 9.97 Å². The number of nitrogens with zero attached hydrogens (tertiary/aromatic N) is 1. The molecule has 0 aliphatic carbocycles. The van der Waals surface area contributed by atoms with Crippen molar-refractivity contribution in [3.63, 3.8) is 0 Å². The molecule has 8 heteroatoms. The smallest absolute Gasteiger partial charge is 0.416 e. The number of hydrogen-bond acceptors (Lipinski definition) is 4. The molecule has 1 aromatic heterocycles. The zero-order chi connectivity index (χ0) is 18.4. The van der Waals surface area contributed by atoms with Crippen molar-refractivity contribution in [2.75, 3.05) is 13.7 Å². The first kappa shape index (κ1) is 19.0. The molecule has 25 heavy (non-hydrogen) atoms. The highest BCUT2D eigenvalue weighted by atomic mass is 19.4. The van der Waals surface area contributed by atoms with E-state index in [9.17, 15) is 18.0 Å². The van der Waals surface area contributed by atoms with Crippen LogP contribution in [0, 0.1) is 6.92 Å². The largest absolute Gasteiger partial charge is 0.457 e. The van der Waals surface area contributed by atoms with Gasteiger partial charge in [0.15, 0.2) is 0 Å². The lowest BCUT2D eigenvalue weighted by molar-refractivity contribution is -0.138. The number of H-pyrrole nitrogens is 1. The van der Waals surface area contributed by atoms with Gasteiger partial charge in [-0.15, -0.1) is 0 Å². The number of aromatic amines is 1. The molecule has 1 N–H and O–H groups in total. The summed E-state index contributed by atoms with van der Waals surface area (Å²) in [5.41, 5.74) is 0.338. The number of imidazole rings is 1. The van der Waals surface area contributed by atoms with Crippen LogP contribution in [0.3, 0.4) is 0 Å². The number of aryl methyl sites for hydroxylation is 1. The second kappa shape index (κ2) is 8.15. The van der Waals surface area contributed by atoms with E-state index in [1.165, 1.54) is 38.7 Å². The molecule has 2 rings (SSSR count). The summed E-state index contributed by atoms with van der Waals surface area (Å²) in [6.45, 7) is 1.77. The summed E-state index contributed by atoms with van der Waals surface area (Å²) in [4.78, 5) is 18.4. The Labute approximate surface area is 143 Å². The molecule has 0 saturated carbocycles. The number of methoxy groups -OCH3 is 1. The summed E-state index contributed by atoms with van der Waals surface area (Å²) in [7, 11) is 1.52. The number of benzene rings is 1. The van der Waals surface area contributed by atoms with Crippen LogP contribution in [-0.2, 0) is 22.1 Å². The standard InChI is InChI=1S/C17H19F3N2O3/c1-11-7-12(3-4-14(11)17(18,19)20)8-13(5-6-24-2)25-16(23)15-9-21-10-22-15/h3-4,7,9-10,13H,5-6,8H2,1-2H3,(H,21,22). The molecule has 0 bridgehead atoms. The number of carbonyl (C=O) groups excluding carboxylic acids is 1. The Bertz CT molecular complexity index is 700. The Morgan fingerprint density at radius 1 is 1.36 bits per heavy atom. The van der Waals surface area contributed by atoms with Crippen molar-refractivity contribution in [2.24, 2.45) is 0 Å². The SMILES string of the molecule is COCCC(Cc1ccc(C(F)(F)F)c(C)c1)OC(=O)c1cnc[nH]1. The van der Waals surface area contributed by atoms with Crippen LogP contribution in [-0.4, -0.2) is 35.8 Å². The topological polar surface area (TPSA) is 64.2 Å². The van der Waals surface area contributed by atoms with Crippen LogP contribution in [0.4, 0.5) is 13.2 Å². The average molecular weight is 356 g/mol. The molecule has 2 aromatic rings. The van der Waals surface area contributed by atoms with Crippen LogP contribution in [0.15, 0.2) is 30.7 Å². The van der Waals surface area contributed by atoms with Crippen molar-refractivity contribution in [1.82, 2.24) is 9.97 Å². The lowest BCUT2D eigenvalue weighted by Gasteiger charge is -2.18. The van der Waals surface area contributed by atoms with Gasteiger partial charge in [-0.05, 0) is 24.1 Å². The maximum absolute atomic E-state index is 12.8. The van der Waals surface area contributed by atoms with Crippen molar-refractivity contribution in [3.05, 3.63) is 53.1 Å². The lowest BCUT2D eigenvalue weighted by atomic mass is 10.00. The van der Waals surface area contributed by atoms with Crippen LogP contribution in [0.2, 0.25) is 0 Å². The molecule has 0 aliphatic rings. The van der Waals surface area contributed by atoms with Crippen LogP contribution in [0.1, 0.15) is 33.6 Å². The summed E-state index contributed by atoms with van der Waals surface area (Å²) < 4.78 is 49.0. The molecule has 0 fully saturated rings. The van der Waals surface area contributed by atoms with Gasteiger partial charge in [-0.3, -0.25) is 0 Å². The Morgan fingerprint density at radius 3 is 2.68 bits per heavy atom. The quantitative estimate of drug-likeness (QED) is 0.771. The zero-order valence-electron chi connectivity index (χ0n) is 13.9. The van der Waals surface area contributed by atoms with Crippen LogP contribution >= 0.6 is 0 Å². The number of alkyl halides is 3. The molecule has 0 saturated heterocycles. The van der Waals surface area contributed by atoms with Crippen LogP contribution < -0.4 is 0 Å². The molecule has 0 aliphatic heterocycles. The Hall–Kier alpha value is -2.35. The first-order valence-corrected chi connectivity index (χ1v) is 7.66. The summed E-state index contributed by atoms with van der Waals surface area (Å²) in [5.74, 6) is -0.567. The van der Waals surface area contributed by atoms with Gasteiger partial charge in [-0.2, -0.15) is 13.2 Å². The third-order valence-corrected chi connectivity index (χ3v) is 3.70. The van der Waals surface area contributed by atoms with Crippen LogP contribution in [0.5, 0.6) is 0 Å². The van der Waals surface area contributed by atoms with Crippen molar-refractivity contribution < 1.29 is 27.4 Å². The monoisotopic (exact) mass is 356 g/mol. The average Bonchev–Trinajstić information content (AvgIpc) is 3.06. The predicted octanol–water partition coefficient (Wildman–Crippen LogP) is 3.54. The summed E-state index contributed by atoms with van der Waals surface area (Å²) in [6.07, 6.45) is -1.48. The van der Waals surface area contributed by atoms with Gasteiger partial charge >= 0.3 is 12.1 Å². The van der Waals surface area contributed by atoms with Gasteiger partial charge in [-0.1, -0.05) is 12.1 Å². The number of rotatable bonds is 7. The minimum atomic E-state index is -4.38. The molecule has 0 amide bonds. The molecular formula is C17H19F3N2O3. The second-order valence-electron chi connectivity index (χ2n) is 5.63. The molecule has 1 unspecified atom stereocenters. The predicted molar refractivity (Wildman–Crippen MR) is 84.2 cm³/mol. The van der Waals surface area contributed by atoms with Crippen LogP contribution in [0.25, 0.3) is 0 Å². The van der Waals surface area contributed by atoms with Gasteiger partial charge < -0.3 is 14.5 Å². The van der Waals surface area contributed by atoms with E-state index in [-0.39, 0.29) is 11.3 Å². The number of esters is 1. The fourth-order valence-corrected chi connectivity index (χ4v) is 2.47. The van der Waals surface area contributed by atoms with E-state index < -0.39 is 23.8 Å². The first-order chi connectivity index (χ1) is 11.8. The van der Waals surface area contributed by atoms with Crippen molar-refractivity contribution in [1.29, 1.82) is 0 Å². The van der Waals surface area contributed by atoms with Gasteiger partial charge in [0.1, 0.15) is 11.8 Å². The van der Waals surface area contributed by atoms with E-state index in [4.69, 9.17) is 9.47 Å². The normalized spacial score (nSPS) is 12.8. The van der Waals surface area contributed by atoms with Gasteiger partial charge in [0.25, 0.3) is 0 Å². The van der Waals surface area contributed by atoms with E-state index in [1.54, 1.807) is 0 Å². The van der Waals surface area contributed by atoms with Crippen molar-refractivity contribution >= 4 is 5.97 Å². The number of ether oxygens (including phenoxy) is 2. The van der Waals surface area contributed by atoms with Crippen molar-refractivity contribution in [2.45, 2.75) is 32.0 Å². The number of hydrogen-bond donors (Lipinski definition) is 1. The first-order valence-electron chi connectivity index (χ1n) is 7.66. The number of aromatic nitrogens is 2. The molecule has 5 nitrogen and oxygen atoms in total. The Balaban J connectivity index is 2.11. The molecule has 1 atom stereocenters. The van der Waals surface area contributed by atoms with Gasteiger partial charge in [0, 0.05) is 26.6 Å². The minimum absolute atomic E-state index is 0.135. The third kappa shape index (κ3) is 5.32. The summed E-state index contributed by atoms with van der Waals surface area (Å²) in [5, 5.41) is 0. The van der Waals surface area contributed by atoms with Crippen molar-refractivity contribution in [3.8, 4) is 0 Å². The molecule has 0 radical (unpaired) electrons. The number of nitrogens with one attached hydrogen (secondary N) is 1. The highest BCUT2D eigenvalue weighted by Crippen LogP contribution is 2.32. The van der Waals surface area contributed by atoms with E-state index in [0.29, 0.717) is 25.0 Å². The second-order valence-corrected chi connectivity index (χ2v) is 5.63. The number of halogens is 3. The zero-order valence-corrected chi connectivity index (χ0v) is 13.9. The van der Waals surface area contributed by atoms with E-state index >= 15 is 0 Å². The molecule has 1 heterocycles. The highest BCUT2D eigenvalue weighted by molar-refractivity contribution is 5.87. The Kier molecular flexibility index (Phi) is 6.19. The fraction of sp³-hybridized carbons (Fsp3) is 0.412. The molecule has 136 valence electrons. The lowest BCUT2D eigenvalue weighted by Crippen LogP contribution is -2.23. The maximum Gasteiger partial charge on any atom is 0.416 e. The summed E-state index contributed by atoms with van der Waals surface area (Å²) in [6, 6.07) is 3.92. The summed E-state index contributed by atoms with van der Waals surface area (Å²) >= 11 is 0. The molecule has 0 spiro atoms. The highest BCUT2D eigenvalue weighted by Gasteiger charge is 2.32. The van der Waals surface area contributed by atoms with E-state index in [1.807, 2.05) is 0 Å². The van der Waals surface area contributed by atoms with Gasteiger partial charge in [-0.25, -0.2) is 9.78 Å². The maximum atomic E-state index is 12.8. The third-order valence-electron chi connectivity index (χ3n) is 3.70. The Morgan fingerprint density at radius 2 is 2.12 bits per heavy atom. The van der Waals surface area contributed by atoms with E-state index in [0.717, 1.165) is 6.07 Å². The van der Waals surface area contributed by atoms with Gasteiger partial charge in [0.05, 0.1) is 18.1 Å². The van der Waals surface area contributed by atoms with Gasteiger partial charge in [0.2, 0.25) is 0 Å².